The van der Waals surface area contributed by atoms with Crippen LogP contribution in [0.1, 0.15) is 66.2 Å². The molecule has 0 aromatic rings. The van der Waals surface area contributed by atoms with Crippen molar-refractivity contribution in [3.8, 4) is 0 Å². The molecule has 0 amide bonds. The van der Waals surface area contributed by atoms with Crippen LogP contribution in [0.3, 0.4) is 0 Å². The fourth-order valence-corrected chi connectivity index (χ4v) is 3.70. The van der Waals surface area contributed by atoms with Crippen LogP contribution in [-0.4, -0.2) is 6.04 Å². The van der Waals surface area contributed by atoms with Gasteiger partial charge in [0.05, 0.1) is 0 Å². The van der Waals surface area contributed by atoms with Crippen LogP contribution in [0.5, 0.6) is 0 Å². The van der Waals surface area contributed by atoms with Gasteiger partial charge in [0.25, 0.3) is 0 Å². The second-order valence-electron chi connectivity index (χ2n) is 6.08. The summed E-state index contributed by atoms with van der Waals surface area (Å²) in [4.78, 5) is 0. The summed E-state index contributed by atoms with van der Waals surface area (Å²) in [5.41, 5.74) is 8.55. The van der Waals surface area contributed by atoms with E-state index in [9.17, 15) is 0 Å². The number of rotatable bonds is 6. The van der Waals surface area contributed by atoms with Gasteiger partial charge in [0.2, 0.25) is 0 Å². The van der Waals surface area contributed by atoms with Gasteiger partial charge in [0.15, 0.2) is 0 Å². The summed E-state index contributed by atoms with van der Waals surface area (Å²) in [6.07, 6.45) is 7.68. The molecule has 0 aromatic heterocycles. The largest absolute Gasteiger partial charge is 0.674 e. The van der Waals surface area contributed by atoms with Gasteiger partial charge >= 0.3 is 0 Å². The van der Waals surface area contributed by atoms with Gasteiger partial charge in [-0.3, -0.25) is 0 Å². The molecule has 1 aliphatic rings. The Bertz CT molecular complexity index is 189. The molecule has 2 heteroatoms. The van der Waals surface area contributed by atoms with E-state index >= 15 is 0 Å². The Labute approximate surface area is 144 Å². The van der Waals surface area contributed by atoms with Gasteiger partial charge in [-0.15, -0.1) is 6.04 Å². The zero-order valence-corrected chi connectivity index (χ0v) is 17.0. The van der Waals surface area contributed by atoms with Crippen LogP contribution in [0.15, 0.2) is 0 Å². The first-order chi connectivity index (χ1) is 7.60. The summed E-state index contributed by atoms with van der Waals surface area (Å²) in [5, 5.41) is 0. The van der Waals surface area contributed by atoms with Crippen molar-refractivity contribution in [3.63, 3.8) is 0 Å². The normalized spacial score (nSPS) is 30.4. The van der Waals surface area contributed by atoms with Gasteiger partial charge in [0, 0.05) is 44.1 Å². The predicted octanol–water partition coefficient (Wildman–Crippen LogP) is 5.31. The quantitative estimate of drug-likeness (QED) is 0.523. The average molecular weight is 451 g/mol. The summed E-state index contributed by atoms with van der Waals surface area (Å²) in [7, 11) is 0. The van der Waals surface area contributed by atoms with Gasteiger partial charge in [-0.1, -0.05) is 65.2 Å². The molecule has 1 N–H and O–H groups in total. The van der Waals surface area contributed by atoms with Gasteiger partial charge < -0.3 is 5.73 Å². The van der Waals surface area contributed by atoms with Gasteiger partial charge in [-0.25, -0.2) is 0 Å². The van der Waals surface area contributed by atoms with Crippen LogP contribution < -0.4 is 0 Å². The second kappa shape index (κ2) is 9.33. The number of hydrogen-bond donors (Lipinski definition) is 0. The van der Waals surface area contributed by atoms with E-state index in [2.05, 4.69) is 27.7 Å². The second-order valence-corrected chi connectivity index (χ2v) is 6.08. The first-order valence-corrected chi connectivity index (χ1v) is 7.31. The molecular weight excluding hydrogens is 421 g/mol. The Morgan fingerprint density at radius 1 is 1.06 bits per heavy atom. The standard InChI is InChI=1S/C15H30N.Ac/c1-5-7-13(8-6-2)15(16)14-10-11(3)9-12(14)4;/h11-16H,5-10H2,1-4H3;/q-1;/t11-,12+,14+,15?;/m0./s1. The predicted molar refractivity (Wildman–Crippen MR) is 72.5 cm³/mol. The van der Waals surface area contributed by atoms with E-state index < -0.39 is 0 Å². The molecule has 1 radical (unpaired) electrons. The molecule has 0 aromatic carbocycles. The molecule has 0 heterocycles. The molecule has 1 aliphatic carbocycles. The van der Waals surface area contributed by atoms with Crippen LogP contribution in [0.2, 0.25) is 0 Å². The van der Waals surface area contributed by atoms with E-state index in [0.29, 0.717) is 11.8 Å². The van der Waals surface area contributed by atoms with Crippen LogP contribution in [0.25, 0.3) is 5.73 Å². The first kappa shape index (κ1) is 18.4. The third-order valence-electron chi connectivity index (χ3n) is 4.47. The molecule has 99 valence electrons. The van der Waals surface area contributed by atoms with E-state index in [1.54, 1.807) is 0 Å². The first-order valence-electron chi connectivity index (χ1n) is 7.31. The molecule has 17 heavy (non-hydrogen) atoms. The summed E-state index contributed by atoms with van der Waals surface area (Å²) in [6, 6.07) is 0.208. The summed E-state index contributed by atoms with van der Waals surface area (Å²) in [6.45, 7) is 9.24. The van der Waals surface area contributed by atoms with Gasteiger partial charge in [-0.05, 0) is 24.7 Å². The van der Waals surface area contributed by atoms with Gasteiger partial charge in [-0.2, -0.15) is 0 Å². The van der Waals surface area contributed by atoms with Crippen molar-refractivity contribution < 1.29 is 44.1 Å². The Hall–Kier alpha value is 1.40. The van der Waals surface area contributed by atoms with Crippen molar-refractivity contribution in [2.75, 3.05) is 0 Å². The Morgan fingerprint density at radius 2 is 1.59 bits per heavy atom. The van der Waals surface area contributed by atoms with E-state index in [-0.39, 0.29) is 50.1 Å². The Kier molecular flexibility index (Phi) is 10.1. The molecule has 4 atom stereocenters. The van der Waals surface area contributed by atoms with Crippen LogP contribution in [0, 0.1) is 67.7 Å². The number of nitrogens with one attached hydrogen (secondary N) is 1. The summed E-state index contributed by atoms with van der Waals surface area (Å²) < 4.78 is 0. The molecule has 0 aliphatic heterocycles. The molecule has 1 saturated carbocycles. The van der Waals surface area contributed by atoms with Crippen LogP contribution in [0.4, 0.5) is 0 Å². The average Bonchev–Trinajstić information content (AvgIpc) is 2.56. The molecular formula is C15H30AcN-. The smallest absolute Gasteiger partial charge is 0 e. The minimum absolute atomic E-state index is 0. The maximum atomic E-state index is 8.55. The Morgan fingerprint density at radius 3 is 1.94 bits per heavy atom. The fourth-order valence-electron chi connectivity index (χ4n) is 3.70. The minimum atomic E-state index is 0. The number of hydrogen-bond acceptors (Lipinski definition) is 0. The van der Waals surface area contributed by atoms with Crippen LogP contribution >= 0.6 is 0 Å². The molecule has 1 unspecified atom stereocenters. The summed E-state index contributed by atoms with van der Waals surface area (Å²) >= 11 is 0. The van der Waals surface area contributed by atoms with Crippen LogP contribution in [-0.2, 0) is 0 Å². The van der Waals surface area contributed by atoms with E-state index in [1.807, 2.05) is 0 Å². The molecule has 0 spiro atoms. The SMILES string of the molecule is CCCC(CCC)C([NH-])[C@@H]1C[C@@H](C)C[C@H]1C.[Ac]. The minimum Gasteiger partial charge on any atom is -0.674 e. The third kappa shape index (κ3) is 5.50. The molecule has 1 nitrogen and oxygen atoms in total. The fraction of sp³-hybridized carbons (Fsp3) is 1.00. The molecule has 1 fully saturated rings. The maximum Gasteiger partial charge on any atom is 0 e. The van der Waals surface area contributed by atoms with E-state index in [1.165, 1.54) is 38.5 Å². The molecule has 0 saturated heterocycles. The summed E-state index contributed by atoms with van der Waals surface area (Å²) in [5.74, 6) is 2.98. The van der Waals surface area contributed by atoms with Crippen molar-refractivity contribution in [2.24, 2.45) is 23.7 Å². The molecule has 0 bridgehead atoms. The molecule has 1 rings (SSSR count). The van der Waals surface area contributed by atoms with Crippen molar-refractivity contribution >= 4 is 0 Å². The third-order valence-corrected chi connectivity index (χ3v) is 4.47. The van der Waals surface area contributed by atoms with Gasteiger partial charge in [0.1, 0.15) is 0 Å². The monoisotopic (exact) mass is 451 g/mol. The zero-order chi connectivity index (χ0) is 12.1. The Balaban J connectivity index is 0.00000256. The van der Waals surface area contributed by atoms with Crippen molar-refractivity contribution in [1.29, 1.82) is 0 Å². The van der Waals surface area contributed by atoms with E-state index in [4.69, 9.17) is 5.73 Å². The van der Waals surface area contributed by atoms with E-state index in [0.717, 1.165) is 11.8 Å². The zero-order valence-electron chi connectivity index (χ0n) is 12.2. The maximum absolute atomic E-state index is 8.55. The van der Waals surface area contributed by atoms with Crippen molar-refractivity contribution in [1.82, 2.24) is 0 Å². The topological polar surface area (TPSA) is 23.8 Å². The van der Waals surface area contributed by atoms with Crippen molar-refractivity contribution in [3.05, 3.63) is 5.73 Å². The van der Waals surface area contributed by atoms with Crippen molar-refractivity contribution in [2.45, 2.75) is 72.3 Å².